The Kier molecular flexibility index (Phi) is 5.41. The minimum absolute atomic E-state index is 0.171. The molecule has 27 heavy (non-hydrogen) atoms. The Morgan fingerprint density at radius 3 is 2.56 bits per heavy atom. The van der Waals surface area contributed by atoms with Crippen LogP contribution in [0, 0.1) is 0 Å². The van der Waals surface area contributed by atoms with Crippen LogP contribution in [0.2, 0.25) is 5.02 Å². The van der Waals surface area contributed by atoms with Crippen molar-refractivity contribution in [3.05, 3.63) is 70.6 Å². The smallest absolute Gasteiger partial charge is 0.350 e. The summed E-state index contributed by atoms with van der Waals surface area (Å²) >= 11 is 5.92. The zero-order valence-electron chi connectivity index (χ0n) is 14.4. The van der Waals surface area contributed by atoms with Crippen LogP contribution in [0.15, 0.2) is 48.8 Å². The first-order valence-electron chi connectivity index (χ1n) is 8.29. The van der Waals surface area contributed by atoms with E-state index in [-0.39, 0.29) is 24.8 Å². The van der Waals surface area contributed by atoms with Gasteiger partial charge in [0.2, 0.25) is 5.91 Å². The summed E-state index contributed by atoms with van der Waals surface area (Å²) in [6, 6.07) is 8.40. The van der Waals surface area contributed by atoms with Crippen LogP contribution in [0.4, 0.5) is 13.2 Å². The monoisotopic (exact) mass is 395 g/mol. The normalized spacial score (nSPS) is 12.9. The van der Waals surface area contributed by atoms with E-state index in [1.165, 1.54) is 12.1 Å². The number of halogens is 4. The standard InChI is InChI=1S/C19H17ClF3N3O/c1-12(13-2-4-14(5-3-13)19(21,22)23)8-18(27)24-9-16-11-26-10-15(20)6-7-17(26)25-16/h2-7,10-12H,8-9H2,1H3,(H,24,27). The predicted octanol–water partition coefficient (Wildman–Crippen LogP) is 4.82. The Bertz CT molecular complexity index is 951. The van der Waals surface area contributed by atoms with Gasteiger partial charge in [-0.05, 0) is 35.7 Å². The average Bonchev–Trinajstić information content (AvgIpc) is 3.01. The second-order valence-corrected chi connectivity index (χ2v) is 6.78. The number of hydrogen-bond donors (Lipinski definition) is 1. The summed E-state index contributed by atoms with van der Waals surface area (Å²) < 4.78 is 39.6. The van der Waals surface area contributed by atoms with Crippen LogP contribution in [-0.4, -0.2) is 15.3 Å². The third kappa shape index (κ3) is 4.80. The van der Waals surface area contributed by atoms with E-state index in [1.54, 1.807) is 35.9 Å². The third-order valence-electron chi connectivity index (χ3n) is 4.23. The molecule has 1 unspecified atom stereocenters. The minimum Gasteiger partial charge on any atom is -0.350 e. The SMILES string of the molecule is CC(CC(=O)NCc1cn2cc(Cl)ccc2n1)c1ccc(C(F)(F)F)cc1. The van der Waals surface area contributed by atoms with Gasteiger partial charge in [-0.25, -0.2) is 4.98 Å². The van der Waals surface area contributed by atoms with E-state index in [2.05, 4.69) is 10.3 Å². The average molecular weight is 396 g/mol. The second kappa shape index (κ2) is 7.60. The van der Waals surface area contributed by atoms with Crippen molar-refractivity contribution < 1.29 is 18.0 Å². The van der Waals surface area contributed by atoms with Crippen molar-refractivity contribution in [2.75, 3.05) is 0 Å². The number of benzene rings is 1. The summed E-state index contributed by atoms with van der Waals surface area (Å²) in [4.78, 5) is 16.5. The molecular weight excluding hydrogens is 379 g/mol. The van der Waals surface area contributed by atoms with Gasteiger partial charge in [0.15, 0.2) is 0 Å². The largest absolute Gasteiger partial charge is 0.416 e. The van der Waals surface area contributed by atoms with Gasteiger partial charge in [0.1, 0.15) is 5.65 Å². The van der Waals surface area contributed by atoms with Crippen molar-refractivity contribution in [1.29, 1.82) is 0 Å². The summed E-state index contributed by atoms with van der Waals surface area (Å²) in [6.45, 7) is 2.06. The maximum absolute atomic E-state index is 12.6. The first-order chi connectivity index (χ1) is 12.7. The summed E-state index contributed by atoms with van der Waals surface area (Å²) in [5, 5.41) is 3.37. The number of nitrogens with one attached hydrogen (secondary N) is 1. The lowest BCUT2D eigenvalue weighted by atomic mass is 9.96. The van der Waals surface area contributed by atoms with Crippen molar-refractivity contribution in [2.24, 2.45) is 0 Å². The predicted molar refractivity (Wildman–Crippen MR) is 96.5 cm³/mol. The van der Waals surface area contributed by atoms with E-state index in [0.29, 0.717) is 16.3 Å². The van der Waals surface area contributed by atoms with E-state index in [1.807, 2.05) is 0 Å². The quantitative estimate of drug-likeness (QED) is 0.673. The molecule has 8 heteroatoms. The van der Waals surface area contributed by atoms with E-state index in [9.17, 15) is 18.0 Å². The molecule has 0 saturated carbocycles. The number of carbonyl (C=O) groups excluding carboxylic acids is 1. The maximum Gasteiger partial charge on any atom is 0.416 e. The molecule has 0 aliphatic heterocycles. The highest BCUT2D eigenvalue weighted by Gasteiger charge is 2.30. The molecule has 2 aromatic heterocycles. The van der Waals surface area contributed by atoms with Gasteiger partial charge in [-0.15, -0.1) is 0 Å². The highest BCUT2D eigenvalue weighted by atomic mass is 35.5. The molecule has 4 nitrogen and oxygen atoms in total. The zero-order chi connectivity index (χ0) is 19.6. The van der Waals surface area contributed by atoms with Crippen LogP contribution < -0.4 is 5.32 Å². The molecule has 1 amide bonds. The summed E-state index contributed by atoms with van der Waals surface area (Å²) in [6.07, 6.45) is -0.690. The molecule has 0 fully saturated rings. The van der Waals surface area contributed by atoms with Gasteiger partial charge in [0.25, 0.3) is 0 Å². The van der Waals surface area contributed by atoms with Gasteiger partial charge in [0.05, 0.1) is 22.8 Å². The molecule has 0 spiro atoms. The van der Waals surface area contributed by atoms with Crippen LogP contribution in [-0.2, 0) is 17.5 Å². The van der Waals surface area contributed by atoms with E-state index in [4.69, 9.17) is 11.6 Å². The van der Waals surface area contributed by atoms with Gasteiger partial charge >= 0.3 is 6.18 Å². The van der Waals surface area contributed by atoms with Crippen LogP contribution in [0.25, 0.3) is 5.65 Å². The Labute approximate surface area is 159 Å². The zero-order valence-corrected chi connectivity index (χ0v) is 15.2. The topological polar surface area (TPSA) is 46.4 Å². The number of pyridine rings is 1. The maximum atomic E-state index is 12.6. The summed E-state index contributed by atoms with van der Waals surface area (Å²) in [5.41, 5.74) is 1.39. The molecule has 1 atom stereocenters. The number of carbonyl (C=O) groups is 1. The Balaban J connectivity index is 1.56. The van der Waals surface area contributed by atoms with Gasteiger partial charge in [-0.1, -0.05) is 30.7 Å². The highest BCUT2D eigenvalue weighted by Crippen LogP contribution is 2.30. The van der Waals surface area contributed by atoms with E-state index in [0.717, 1.165) is 17.8 Å². The number of amides is 1. The molecule has 1 aromatic carbocycles. The van der Waals surface area contributed by atoms with Crippen LogP contribution in [0.5, 0.6) is 0 Å². The molecule has 3 rings (SSSR count). The third-order valence-corrected chi connectivity index (χ3v) is 4.45. The van der Waals surface area contributed by atoms with Crippen molar-refractivity contribution >= 4 is 23.2 Å². The van der Waals surface area contributed by atoms with E-state index < -0.39 is 11.7 Å². The van der Waals surface area contributed by atoms with Crippen molar-refractivity contribution in [3.8, 4) is 0 Å². The fourth-order valence-electron chi connectivity index (χ4n) is 2.76. The van der Waals surface area contributed by atoms with Crippen LogP contribution in [0.1, 0.15) is 36.1 Å². The first kappa shape index (κ1) is 19.2. The molecule has 1 N–H and O–H groups in total. The Hall–Kier alpha value is -2.54. The van der Waals surface area contributed by atoms with Crippen LogP contribution in [0.3, 0.4) is 0 Å². The first-order valence-corrected chi connectivity index (χ1v) is 8.67. The van der Waals surface area contributed by atoms with Crippen molar-refractivity contribution in [2.45, 2.75) is 32.0 Å². The molecule has 0 bridgehead atoms. The lowest BCUT2D eigenvalue weighted by Crippen LogP contribution is -2.24. The van der Waals surface area contributed by atoms with Gasteiger partial charge in [-0.2, -0.15) is 13.2 Å². The molecule has 0 saturated heterocycles. The fourth-order valence-corrected chi connectivity index (χ4v) is 2.93. The summed E-state index contributed by atoms with van der Waals surface area (Å²) in [5.74, 6) is -0.398. The number of alkyl halides is 3. The summed E-state index contributed by atoms with van der Waals surface area (Å²) in [7, 11) is 0. The molecule has 0 radical (unpaired) electrons. The van der Waals surface area contributed by atoms with Crippen LogP contribution >= 0.6 is 11.6 Å². The number of nitrogens with zero attached hydrogens (tertiary/aromatic N) is 2. The van der Waals surface area contributed by atoms with Crippen molar-refractivity contribution in [3.63, 3.8) is 0 Å². The van der Waals surface area contributed by atoms with Gasteiger partial charge < -0.3 is 9.72 Å². The molecule has 3 aromatic rings. The minimum atomic E-state index is -4.36. The molecule has 0 aliphatic rings. The number of hydrogen-bond acceptors (Lipinski definition) is 2. The number of rotatable bonds is 5. The number of aromatic nitrogens is 2. The number of fused-ring (bicyclic) bond motifs is 1. The highest BCUT2D eigenvalue weighted by molar-refractivity contribution is 6.30. The Morgan fingerprint density at radius 2 is 1.89 bits per heavy atom. The lowest BCUT2D eigenvalue weighted by molar-refractivity contribution is -0.137. The lowest BCUT2D eigenvalue weighted by Gasteiger charge is -2.13. The van der Waals surface area contributed by atoms with E-state index >= 15 is 0 Å². The number of imidazole rings is 1. The molecule has 142 valence electrons. The fraction of sp³-hybridized carbons (Fsp3) is 0.263. The second-order valence-electron chi connectivity index (χ2n) is 6.35. The molecular formula is C19H17ClF3N3O. The van der Waals surface area contributed by atoms with Gasteiger partial charge in [0, 0.05) is 18.8 Å². The molecule has 2 heterocycles. The Morgan fingerprint density at radius 1 is 1.19 bits per heavy atom. The molecule has 0 aliphatic carbocycles. The van der Waals surface area contributed by atoms with Crippen molar-refractivity contribution in [1.82, 2.24) is 14.7 Å². The van der Waals surface area contributed by atoms with Gasteiger partial charge in [-0.3, -0.25) is 4.79 Å².